The number of hydrogen-bond acceptors (Lipinski definition) is 3. The number of allylic oxidation sites excluding steroid dienone is 2. The maximum Gasteiger partial charge on any atom is 0.303 e. The monoisotopic (exact) mass is 372 g/mol. The lowest BCUT2D eigenvalue weighted by molar-refractivity contribution is -0.187. The predicted molar refractivity (Wildman–Crippen MR) is 106 cm³/mol. The molecule has 0 bridgehead atoms. The summed E-state index contributed by atoms with van der Waals surface area (Å²) in [6.45, 7) is 10.3. The van der Waals surface area contributed by atoms with E-state index in [9.17, 15) is 9.59 Å². The summed E-state index contributed by atoms with van der Waals surface area (Å²) < 4.78 is 5.87. The SMILES string of the molecule is CC(=O)O[C@]1(C(C)=O)CC[C@H]2[C@@H]3C[C@@H](C)C4=CCCC[C@]4(C)[C@H]3CC[C@@]21C. The molecule has 0 heterocycles. The van der Waals surface area contributed by atoms with E-state index < -0.39 is 5.60 Å². The summed E-state index contributed by atoms with van der Waals surface area (Å²) in [6.07, 6.45) is 11.5. The molecule has 0 spiro atoms. The normalized spacial score (nSPS) is 48.7. The molecule has 0 radical (unpaired) electrons. The highest BCUT2D eigenvalue weighted by Crippen LogP contribution is 2.69. The number of Topliss-reactive ketones (excluding diaryl/α,β-unsaturated/α-hetero) is 1. The van der Waals surface area contributed by atoms with Crippen LogP contribution < -0.4 is 0 Å². The van der Waals surface area contributed by atoms with E-state index in [-0.39, 0.29) is 17.2 Å². The molecule has 0 aromatic rings. The summed E-state index contributed by atoms with van der Waals surface area (Å²) >= 11 is 0. The van der Waals surface area contributed by atoms with Crippen LogP contribution in [-0.2, 0) is 14.3 Å². The van der Waals surface area contributed by atoms with E-state index in [0.29, 0.717) is 29.6 Å². The second-order valence-corrected chi connectivity index (χ2v) is 10.5. The van der Waals surface area contributed by atoms with Crippen molar-refractivity contribution in [2.75, 3.05) is 0 Å². The molecule has 0 aromatic carbocycles. The second-order valence-electron chi connectivity index (χ2n) is 10.5. The Morgan fingerprint density at radius 3 is 2.44 bits per heavy atom. The maximum absolute atomic E-state index is 12.8. The highest BCUT2D eigenvalue weighted by Gasteiger charge is 2.68. The van der Waals surface area contributed by atoms with E-state index in [1.165, 1.54) is 32.6 Å². The smallest absolute Gasteiger partial charge is 0.303 e. The van der Waals surface area contributed by atoms with Gasteiger partial charge < -0.3 is 4.74 Å². The van der Waals surface area contributed by atoms with Gasteiger partial charge in [-0.3, -0.25) is 9.59 Å². The zero-order valence-corrected chi connectivity index (χ0v) is 17.8. The number of ketones is 1. The topological polar surface area (TPSA) is 43.4 Å². The van der Waals surface area contributed by atoms with Crippen molar-refractivity contribution in [2.24, 2.45) is 34.5 Å². The summed E-state index contributed by atoms with van der Waals surface area (Å²) in [5.41, 5.74) is 0.943. The van der Waals surface area contributed by atoms with E-state index in [1.807, 2.05) is 0 Å². The van der Waals surface area contributed by atoms with E-state index in [1.54, 1.807) is 12.5 Å². The lowest BCUT2D eigenvalue weighted by Gasteiger charge is -2.60. The maximum atomic E-state index is 12.8. The third-order valence-corrected chi connectivity index (χ3v) is 9.34. The number of fused-ring (bicyclic) bond motifs is 5. The number of esters is 1. The molecule has 150 valence electrons. The molecule has 4 aliphatic rings. The average molecular weight is 373 g/mol. The van der Waals surface area contributed by atoms with Gasteiger partial charge in [0.05, 0.1) is 0 Å². The first-order valence-electron chi connectivity index (χ1n) is 11.1. The van der Waals surface area contributed by atoms with Crippen LogP contribution >= 0.6 is 0 Å². The van der Waals surface area contributed by atoms with Crippen molar-refractivity contribution in [2.45, 2.75) is 91.6 Å². The van der Waals surface area contributed by atoms with Gasteiger partial charge in [-0.2, -0.15) is 0 Å². The van der Waals surface area contributed by atoms with Crippen molar-refractivity contribution >= 4 is 11.8 Å². The molecule has 27 heavy (non-hydrogen) atoms. The van der Waals surface area contributed by atoms with Gasteiger partial charge in [-0.1, -0.05) is 32.4 Å². The number of hydrogen-bond donors (Lipinski definition) is 0. The largest absolute Gasteiger partial charge is 0.451 e. The average Bonchev–Trinajstić information content (AvgIpc) is 2.88. The summed E-state index contributed by atoms with van der Waals surface area (Å²) in [5.74, 6) is 2.24. The Morgan fingerprint density at radius 2 is 1.78 bits per heavy atom. The Hall–Kier alpha value is -1.12. The number of carbonyl (C=O) groups excluding carboxylic acids is 2. The quantitative estimate of drug-likeness (QED) is 0.476. The fourth-order valence-electron chi connectivity index (χ4n) is 8.27. The van der Waals surface area contributed by atoms with Gasteiger partial charge in [0.1, 0.15) is 0 Å². The predicted octanol–water partition coefficient (Wildman–Crippen LogP) is 5.48. The molecular formula is C24H36O3. The lowest BCUT2D eigenvalue weighted by atomic mass is 9.45. The minimum atomic E-state index is -0.901. The molecule has 3 fully saturated rings. The number of ether oxygens (including phenoxy) is 1. The molecule has 0 N–H and O–H groups in total. The Morgan fingerprint density at radius 1 is 1.07 bits per heavy atom. The van der Waals surface area contributed by atoms with Crippen LogP contribution in [-0.4, -0.2) is 17.4 Å². The molecule has 3 saturated carbocycles. The second kappa shape index (κ2) is 6.19. The minimum absolute atomic E-state index is 0.0504. The van der Waals surface area contributed by atoms with E-state index in [4.69, 9.17) is 4.74 Å². The summed E-state index contributed by atoms with van der Waals surface area (Å²) in [4.78, 5) is 24.7. The first-order valence-corrected chi connectivity index (χ1v) is 11.1. The fourth-order valence-corrected chi connectivity index (χ4v) is 8.27. The van der Waals surface area contributed by atoms with Crippen LogP contribution in [0.2, 0.25) is 0 Å². The highest BCUT2D eigenvalue weighted by molar-refractivity contribution is 5.89. The van der Waals surface area contributed by atoms with Gasteiger partial charge in [-0.05, 0) is 87.4 Å². The molecule has 0 aromatic heterocycles. The zero-order valence-electron chi connectivity index (χ0n) is 17.8. The number of carbonyl (C=O) groups is 2. The molecule has 3 heteroatoms. The van der Waals surface area contributed by atoms with Crippen LogP contribution in [0.3, 0.4) is 0 Å². The highest BCUT2D eigenvalue weighted by atomic mass is 16.6. The molecule has 0 saturated heterocycles. The van der Waals surface area contributed by atoms with E-state index in [0.717, 1.165) is 25.2 Å². The van der Waals surface area contributed by atoms with Gasteiger partial charge in [0.15, 0.2) is 11.4 Å². The molecule has 7 atom stereocenters. The van der Waals surface area contributed by atoms with Crippen molar-refractivity contribution < 1.29 is 14.3 Å². The van der Waals surface area contributed by atoms with Gasteiger partial charge in [-0.25, -0.2) is 0 Å². The zero-order chi connectivity index (χ0) is 19.6. The summed E-state index contributed by atoms with van der Waals surface area (Å²) in [6, 6.07) is 0. The third kappa shape index (κ3) is 2.45. The molecule has 0 amide bonds. The van der Waals surface area contributed by atoms with Gasteiger partial charge in [0, 0.05) is 12.3 Å². The minimum Gasteiger partial charge on any atom is -0.451 e. The van der Waals surface area contributed by atoms with Crippen LogP contribution in [0.1, 0.15) is 86.0 Å². The summed E-state index contributed by atoms with van der Waals surface area (Å²) in [7, 11) is 0. The number of rotatable bonds is 2. The standard InChI is InChI=1S/C24H36O3/c1-15-14-18-20(22(4)11-7-6-8-19(15)22)9-12-23(5)21(18)10-13-24(23,16(2)25)27-17(3)26/h8,15,18,20-21H,6-7,9-14H2,1-5H3/t15-,18-,20+,21+,22+,23+,24+/m1/s1. The van der Waals surface area contributed by atoms with Crippen molar-refractivity contribution in [1.29, 1.82) is 0 Å². The van der Waals surface area contributed by atoms with E-state index >= 15 is 0 Å². The third-order valence-electron chi connectivity index (χ3n) is 9.34. The van der Waals surface area contributed by atoms with Crippen molar-refractivity contribution in [1.82, 2.24) is 0 Å². The van der Waals surface area contributed by atoms with Crippen molar-refractivity contribution in [3.63, 3.8) is 0 Å². The van der Waals surface area contributed by atoms with Crippen LogP contribution in [0.15, 0.2) is 11.6 Å². The van der Waals surface area contributed by atoms with Crippen molar-refractivity contribution in [3.8, 4) is 0 Å². The Labute approximate surface area is 164 Å². The van der Waals surface area contributed by atoms with Gasteiger partial charge in [-0.15, -0.1) is 0 Å². The Bertz CT molecular complexity index is 694. The molecule has 0 unspecified atom stereocenters. The van der Waals surface area contributed by atoms with E-state index in [2.05, 4.69) is 26.8 Å². The Balaban J connectivity index is 1.73. The van der Waals surface area contributed by atoms with Crippen molar-refractivity contribution in [3.05, 3.63) is 11.6 Å². The molecule has 3 nitrogen and oxygen atoms in total. The first kappa shape index (κ1) is 19.2. The molecular weight excluding hydrogens is 336 g/mol. The van der Waals surface area contributed by atoms with Crippen LogP contribution in [0.4, 0.5) is 0 Å². The fraction of sp³-hybridized carbons (Fsp3) is 0.833. The Kier molecular flexibility index (Phi) is 4.40. The van der Waals surface area contributed by atoms with Crippen LogP contribution in [0.25, 0.3) is 0 Å². The van der Waals surface area contributed by atoms with Crippen LogP contribution in [0, 0.1) is 34.5 Å². The van der Waals surface area contributed by atoms with Crippen LogP contribution in [0.5, 0.6) is 0 Å². The molecule has 4 aliphatic carbocycles. The molecule has 4 rings (SSSR count). The summed E-state index contributed by atoms with van der Waals surface area (Å²) in [5, 5.41) is 0. The first-order chi connectivity index (χ1) is 12.7. The van der Waals surface area contributed by atoms with Gasteiger partial charge in [0.2, 0.25) is 0 Å². The van der Waals surface area contributed by atoms with Gasteiger partial charge >= 0.3 is 5.97 Å². The van der Waals surface area contributed by atoms with Gasteiger partial charge in [0.25, 0.3) is 0 Å². The molecule has 0 aliphatic heterocycles. The lowest BCUT2D eigenvalue weighted by Crippen LogP contribution is -2.59.